The van der Waals surface area contributed by atoms with Gasteiger partial charge >= 0.3 is 0 Å². The van der Waals surface area contributed by atoms with E-state index in [1.165, 1.54) is 37.9 Å². The number of rotatable bonds is 5. The van der Waals surface area contributed by atoms with Crippen LogP contribution in [-0.4, -0.2) is 11.1 Å². The van der Waals surface area contributed by atoms with Crippen LogP contribution in [0.4, 0.5) is 0 Å². The molecule has 0 atom stereocenters. The number of nitrogens with one attached hydrogen (secondary N) is 1. The van der Waals surface area contributed by atoms with Crippen LogP contribution >= 0.6 is 0 Å². The zero-order valence-electron chi connectivity index (χ0n) is 11.3. The molecule has 1 aromatic rings. The van der Waals surface area contributed by atoms with Gasteiger partial charge in [-0.15, -0.1) is 0 Å². The summed E-state index contributed by atoms with van der Waals surface area (Å²) in [5.74, 6) is 1.87. The molecule has 2 rings (SSSR count). The lowest BCUT2D eigenvalue weighted by Crippen LogP contribution is -2.26. The first kappa shape index (κ1) is 12.7. The largest absolute Gasteiger partial charge is 0.351 e. The number of aromatic nitrogens is 1. The topological polar surface area (TPSA) is 17.0 Å². The van der Waals surface area contributed by atoms with E-state index in [0.717, 1.165) is 24.9 Å². The van der Waals surface area contributed by atoms with E-state index < -0.39 is 0 Å². The van der Waals surface area contributed by atoms with Crippen LogP contribution in [0, 0.1) is 11.8 Å². The molecule has 1 aromatic heterocycles. The summed E-state index contributed by atoms with van der Waals surface area (Å²) in [5.41, 5.74) is 1.41. The van der Waals surface area contributed by atoms with Gasteiger partial charge in [-0.25, -0.2) is 0 Å². The Bertz CT molecular complexity index is 321. The smallest absolute Gasteiger partial charge is 0.0359 e. The van der Waals surface area contributed by atoms with Crippen molar-refractivity contribution in [1.29, 1.82) is 0 Å². The van der Waals surface area contributed by atoms with E-state index in [1.807, 2.05) is 0 Å². The third-order valence-corrected chi connectivity index (χ3v) is 4.14. The predicted octanol–water partition coefficient (Wildman–Crippen LogP) is 3.42. The highest BCUT2D eigenvalue weighted by atomic mass is 15.0. The van der Waals surface area contributed by atoms with Crippen molar-refractivity contribution in [2.24, 2.45) is 11.8 Å². The molecular weight excluding hydrogens is 208 g/mol. The second-order valence-corrected chi connectivity index (χ2v) is 5.54. The van der Waals surface area contributed by atoms with Crippen molar-refractivity contribution in [3.05, 3.63) is 24.0 Å². The van der Waals surface area contributed by atoms with Crippen molar-refractivity contribution in [1.82, 2.24) is 9.88 Å². The summed E-state index contributed by atoms with van der Waals surface area (Å²) < 4.78 is 2.32. The average molecular weight is 234 g/mol. The van der Waals surface area contributed by atoms with Crippen LogP contribution in [0.25, 0.3) is 0 Å². The van der Waals surface area contributed by atoms with Crippen molar-refractivity contribution in [3.63, 3.8) is 0 Å². The SMILES string of the molecule is CCn1cccc1CNCC1CCC(C)CC1. The lowest BCUT2D eigenvalue weighted by atomic mass is 9.83. The molecule has 1 aliphatic rings. The van der Waals surface area contributed by atoms with Crippen LogP contribution in [-0.2, 0) is 13.1 Å². The van der Waals surface area contributed by atoms with Crippen LogP contribution in [0.5, 0.6) is 0 Å². The summed E-state index contributed by atoms with van der Waals surface area (Å²) in [4.78, 5) is 0. The molecule has 0 spiro atoms. The maximum Gasteiger partial charge on any atom is 0.0359 e. The molecule has 2 heteroatoms. The summed E-state index contributed by atoms with van der Waals surface area (Å²) in [5, 5.41) is 3.63. The number of hydrogen-bond donors (Lipinski definition) is 1. The third kappa shape index (κ3) is 3.60. The highest BCUT2D eigenvalue weighted by molar-refractivity contribution is 5.06. The highest BCUT2D eigenvalue weighted by Gasteiger charge is 2.17. The molecule has 0 saturated heterocycles. The molecule has 1 saturated carbocycles. The van der Waals surface area contributed by atoms with Gasteiger partial charge < -0.3 is 9.88 Å². The summed E-state index contributed by atoms with van der Waals surface area (Å²) in [6, 6.07) is 4.36. The zero-order valence-corrected chi connectivity index (χ0v) is 11.3. The molecule has 1 fully saturated rings. The fourth-order valence-electron chi connectivity index (χ4n) is 2.86. The number of hydrogen-bond acceptors (Lipinski definition) is 1. The van der Waals surface area contributed by atoms with Crippen LogP contribution in [0.15, 0.2) is 18.3 Å². The van der Waals surface area contributed by atoms with Gasteiger partial charge in [0.25, 0.3) is 0 Å². The summed E-state index contributed by atoms with van der Waals surface area (Å²) in [6.45, 7) is 7.88. The normalized spacial score (nSPS) is 25.1. The van der Waals surface area contributed by atoms with Gasteiger partial charge in [0.1, 0.15) is 0 Å². The Balaban J connectivity index is 1.69. The molecular formula is C15H26N2. The molecule has 0 bridgehead atoms. The summed E-state index contributed by atoms with van der Waals surface area (Å²) in [6.07, 6.45) is 7.86. The van der Waals surface area contributed by atoms with Gasteiger partial charge in [-0.1, -0.05) is 19.8 Å². The van der Waals surface area contributed by atoms with Gasteiger partial charge in [0, 0.05) is 25.0 Å². The summed E-state index contributed by atoms with van der Waals surface area (Å²) >= 11 is 0. The fraction of sp³-hybridized carbons (Fsp3) is 0.733. The Labute approximate surface area is 105 Å². The molecule has 17 heavy (non-hydrogen) atoms. The quantitative estimate of drug-likeness (QED) is 0.826. The lowest BCUT2D eigenvalue weighted by molar-refractivity contribution is 0.281. The fourth-order valence-corrected chi connectivity index (χ4v) is 2.86. The third-order valence-electron chi connectivity index (χ3n) is 4.14. The van der Waals surface area contributed by atoms with Gasteiger partial charge in [-0.05, 0) is 50.3 Å². The lowest BCUT2D eigenvalue weighted by Gasteiger charge is -2.26. The number of aryl methyl sites for hydroxylation is 1. The average Bonchev–Trinajstić information content (AvgIpc) is 2.79. The van der Waals surface area contributed by atoms with Crippen molar-refractivity contribution >= 4 is 0 Å². The van der Waals surface area contributed by atoms with E-state index in [9.17, 15) is 0 Å². The van der Waals surface area contributed by atoms with Gasteiger partial charge in [0.05, 0.1) is 0 Å². The van der Waals surface area contributed by atoms with Crippen molar-refractivity contribution in [2.45, 2.75) is 52.6 Å². The van der Waals surface area contributed by atoms with E-state index in [-0.39, 0.29) is 0 Å². The molecule has 0 radical (unpaired) electrons. The minimum atomic E-state index is 0.913. The highest BCUT2D eigenvalue weighted by Crippen LogP contribution is 2.27. The standard InChI is InChI=1S/C15H26N2/c1-3-17-10-4-5-15(17)12-16-11-14-8-6-13(2)7-9-14/h4-5,10,13-14,16H,3,6-9,11-12H2,1-2H3. The van der Waals surface area contributed by atoms with Crippen LogP contribution in [0.2, 0.25) is 0 Å². The van der Waals surface area contributed by atoms with Gasteiger partial charge in [0.2, 0.25) is 0 Å². The van der Waals surface area contributed by atoms with Crippen molar-refractivity contribution < 1.29 is 0 Å². The first-order chi connectivity index (χ1) is 8.29. The maximum atomic E-state index is 3.63. The van der Waals surface area contributed by atoms with E-state index in [0.29, 0.717) is 0 Å². The molecule has 1 N–H and O–H groups in total. The van der Waals surface area contributed by atoms with Gasteiger partial charge in [-0.2, -0.15) is 0 Å². The molecule has 1 aliphatic carbocycles. The molecule has 0 amide bonds. The summed E-state index contributed by atoms with van der Waals surface area (Å²) in [7, 11) is 0. The Morgan fingerprint density at radius 1 is 1.29 bits per heavy atom. The Hall–Kier alpha value is -0.760. The van der Waals surface area contributed by atoms with Crippen molar-refractivity contribution in [2.75, 3.05) is 6.54 Å². The van der Waals surface area contributed by atoms with E-state index >= 15 is 0 Å². The molecule has 96 valence electrons. The predicted molar refractivity (Wildman–Crippen MR) is 72.9 cm³/mol. The molecule has 2 nitrogen and oxygen atoms in total. The molecule has 1 heterocycles. The first-order valence-corrected chi connectivity index (χ1v) is 7.14. The first-order valence-electron chi connectivity index (χ1n) is 7.14. The van der Waals surface area contributed by atoms with Crippen LogP contribution in [0.3, 0.4) is 0 Å². The Morgan fingerprint density at radius 3 is 2.76 bits per heavy atom. The minimum Gasteiger partial charge on any atom is -0.351 e. The monoisotopic (exact) mass is 234 g/mol. The maximum absolute atomic E-state index is 3.63. The molecule has 0 aliphatic heterocycles. The Morgan fingerprint density at radius 2 is 2.06 bits per heavy atom. The van der Waals surface area contributed by atoms with E-state index in [4.69, 9.17) is 0 Å². The molecule has 0 unspecified atom stereocenters. The number of nitrogens with zero attached hydrogens (tertiary/aromatic N) is 1. The zero-order chi connectivity index (χ0) is 12.1. The van der Waals surface area contributed by atoms with E-state index in [1.54, 1.807) is 0 Å². The van der Waals surface area contributed by atoms with E-state index in [2.05, 4.69) is 42.1 Å². The minimum absolute atomic E-state index is 0.913. The molecule has 0 aromatic carbocycles. The van der Waals surface area contributed by atoms with Crippen LogP contribution in [0.1, 0.15) is 45.2 Å². The Kier molecular flexibility index (Phi) is 4.66. The van der Waals surface area contributed by atoms with Crippen molar-refractivity contribution in [3.8, 4) is 0 Å². The van der Waals surface area contributed by atoms with Gasteiger partial charge in [0.15, 0.2) is 0 Å². The second kappa shape index (κ2) is 6.25. The van der Waals surface area contributed by atoms with Crippen LogP contribution < -0.4 is 5.32 Å². The second-order valence-electron chi connectivity index (χ2n) is 5.54. The van der Waals surface area contributed by atoms with Gasteiger partial charge in [-0.3, -0.25) is 0 Å².